The molecule has 0 aliphatic heterocycles. The van der Waals surface area contributed by atoms with Crippen LogP contribution in [0.5, 0.6) is 0 Å². The average Bonchev–Trinajstić information content (AvgIpc) is 2.94. The van der Waals surface area contributed by atoms with Gasteiger partial charge in [-0.05, 0) is 5.56 Å². The van der Waals surface area contributed by atoms with E-state index in [1.54, 1.807) is 23.1 Å². The van der Waals surface area contributed by atoms with Gasteiger partial charge in [0.1, 0.15) is 10.7 Å². The highest BCUT2D eigenvalue weighted by molar-refractivity contribution is 8.01. The third-order valence-corrected chi connectivity index (χ3v) is 5.07. The molecule has 3 rings (SSSR count). The lowest BCUT2D eigenvalue weighted by atomic mass is 10.2. The number of nitrogen functional groups attached to an aromatic ring is 1. The number of anilines is 1. The molecule has 0 saturated carbocycles. The van der Waals surface area contributed by atoms with Gasteiger partial charge in [0.2, 0.25) is 0 Å². The Bertz CT molecular complexity index is 749. The molecule has 0 saturated heterocycles. The summed E-state index contributed by atoms with van der Waals surface area (Å²) < 4.78 is 1.01. The number of hydrogen-bond acceptors (Lipinski definition) is 4. The number of benzene rings is 2. The first-order valence-electron chi connectivity index (χ1n) is 6.99. The number of nitrogens with zero attached hydrogens (tertiary/aromatic N) is 1. The van der Waals surface area contributed by atoms with Crippen molar-refractivity contribution in [2.45, 2.75) is 4.34 Å². The van der Waals surface area contributed by atoms with Gasteiger partial charge in [-0.2, -0.15) is 0 Å². The van der Waals surface area contributed by atoms with Gasteiger partial charge in [-0.25, -0.2) is 4.98 Å². The second-order valence-electron chi connectivity index (χ2n) is 4.68. The number of thiazole rings is 1. The van der Waals surface area contributed by atoms with E-state index in [1.807, 2.05) is 48.5 Å². The minimum Gasteiger partial charge on any atom is -0.389 e. The summed E-state index contributed by atoms with van der Waals surface area (Å²) in [5.41, 5.74) is 9.27. The predicted octanol–water partition coefficient (Wildman–Crippen LogP) is 5.20. The van der Waals surface area contributed by atoms with Gasteiger partial charge in [-0.1, -0.05) is 95.9 Å². The molecule has 0 amide bonds. The van der Waals surface area contributed by atoms with Gasteiger partial charge in [0, 0.05) is 11.3 Å². The highest BCUT2D eigenvalue weighted by Gasteiger charge is 2.10. The van der Waals surface area contributed by atoms with Crippen molar-refractivity contribution < 1.29 is 0 Å². The van der Waals surface area contributed by atoms with Crippen molar-refractivity contribution in [1.29, 1.82) is 0 Å². The van der Waals surface area contributed by atoms with E-state index in [-0.39, 0.29) is 0 Å². The van der Waals surface area contributed by atoms with E-state index >= 15 is 0 Å². The van der Waals surface area contributed by atoms with Crippen LogP contribution in [0.3, 0.4) is 0 Å². The van der Waals surface area contributed by atoms with Crippen LogP contribution in [0.1, 0.15) is 5.56 Å². The van der Waals surface area contributed by atoms with Gasteiger partial charge < -0.3 is 5.73 Å². The summed E-state index contributed by atoms with van der Waals surface area (Å²) in [5.74, 6) is 0.885. The molecule has 1 heterocycles. The van der Waals surface area contributed by atoms with E-state index in [4.69, 9.17) is 5.73 Å². The molecule has 4 heteroatoms. The fourth-order valence-corrected chi connectivity index (χ4v) is 3.83. The van der Waals surface area contributed by atoms with E-state index in [2.05, 4.69) is 29.3 Å². The Morgan fingerprint density at radius 1 is 1.00 bits per heavy atom. The highest BCUT2D eigenvalue weighted by Crippen LogP contribution is 2.35. The minimum absolute atomic E-state index is 0.778. The Labute approximate surface area is 138 Å². The molecule has 110 valence electrons. The molecule has 0 bridgehead atoms. The molecule has 2 N–H and O–H groups in total. The summed E-state index contributed by atoms with van der Waals surface area (Å²) in [6, 6.07) is 20.4. The van der Waals surface area contributed by atoms with Crippen LogP contribution >= 0.6 is 23.1 Å². The molecule has 0 fully saturated rings. The Kier molecular flexibility index (Phi) is 4.93. The van der Waals surface area contributed by atoms with Crippen molar-refractivity contribution >= 4 is 34.2 Å². The van der Waals surface area contributed by atoms with E-state index in [0.717, 1.165) is 26.4 Å². The molecule has 2 nitrogen and oxygen atoms in total. The summed E-state index contributed by atoms with van der Waals surface area (Å²) in [6.45, 7) is 0. The largest absolute Gasteiger partial charge is 0.389 e. The van der Waals surface area contributed by atoms with E-state index < -0.39 is 0 Å². The number of hydrogen-bond donors (Lipinski definition) is 1. The summed E-state index contributed by atoms with van der Waals surface area (Å²) in [5, 5.41) is 0.778. The van der Waals surface area contributed by atoms with E-state index in [9.17, 15) is 0 Å². The molecule has 0 atom stereocenters. The molecule has 0 radical (unpaired) electrons. The number of thioether (sulfide) groups is 1. The summed E-state index contributed by atoms with van der Waals surface area (Å²) in [4.78, 5) is 4.65. The van der Waals surface area contributed by atoms with Crippen LogP contribution in [0, 0.1) is 0 Å². The molecule has 0 unspecified atom stereocenters. The second-order valence-corrected chi connectivity index (χ2v) is 6.98. The Balaban J connectivity index is 1.63. The maximum absolute atomic E-state index is 6.09. The van der Waals surface area contributed by atoms with Crippen molar-refractivity contribution in [3.63, 3.8) is 0 Å². The fourth-order valence-electron chi connectivity index (χ4n) is 2.04. The Morgan fingerprint density at radius 2 is 1.68 bits per heavy atom. The van der Waals surface area contributed by atoms with Gasteiger partial charge >= 0.3 is 0 Å². The number of rotatable bonds is 5. The molecule has 2 aromatic carbocycles. The standard InChI is InChI=1S/C18H16N2S2/c19-17-16(15-11-5-2-6-12-15)20-18(22-17)21-13-7-10-14-8-3-1-4-9-14/h1-12H,13,19H2. The smallest absolute Gasteiger partial charge is 0.152 e. The Hall–Kier alpha value is -2.04. The molecule has 0 aliphatic carbocycles. The zero-order valence-corrected chi connectivity index (χ0v) is 13.6. The van der Waals surface area contributed by atoms with Crippen LogP contribution in [0.2, 0.25) is 0 Å². The van der Waals surface area contributed by atoms with Gasteiger partial charge in [0.15, 0.2) is 4.34 Å². The molecular formula is C18H16N2S2. The van der Waals surface area contributed by atoms with Crippen molar-refractivity contribution in [1.82, 2.24) is 4.98 Å². The van der Waals surface area contributed by atoms with Crippen molar-refractivity contribution in [3.05, 3.63) is 72.3 Å². The molecule has 3 aromatic rings. The van der Waals surface area contributed by atoms with Crippen LogP contribution in [-0.4, -0.2) is 10.7 Å². The van der Waals surface area contributed by atoms with Crippen molar-refractivity contribution in [2.75, 3.05) is 11.5 Å². The van der Waals surface area contributed by atoms with E-state index in [0.29, 0.717) is 0 Å². The third kappa shape index (κ3) is 3.78. The molecule has 0 spiro atoms. The monoisotopic (exact) mass is 324 g/mol. The first kappa shape index (κ1) is 14.9. The Morgan fingerprint density at radius 3 is 2.41 bits per heavy atom. The van der Waals surface area contributed by atoms with E-state index in [1.165, 1.54) is 5.56 Å². The lowest BCUT2D eigenvalue weighted by Gasteiger charge is -1.96. The quantitative estimate of drug-likeness (QED) is 0.656. The lowest BCUT2D eigenvalue weighted by molar-refractivity contribution is 1.26. The number of aromatic nitrogens is 1. The SMILES string of the molecule is Nc1sc(SCC=Cc2ccccc2)nc1-c1ccccc1. The molecular weight excluding hydrogens is 308 g/mol. The van der Waals surface area contributed by atoms with Gasteiger partial charge in [-0.3, -0.25) is 0 Å². The molecule has 0 aliphatic rings. The van der Waals surface area contributed by atoms with Crippen molar-refractivity contribution in [3.8, 4) is 11.3 Å². The molecule has 22 heavy (non-hydrogen) atoms. The summed E-state index contributed by atoms with van der Waals surface area (Å²) >= 11 is 3.26. The summed E-state index contributed by atoms with van der Waals surface area (Å²) in [6.07, 6.45) is 4.28. The summed E-state index contributed by atoms with van der Waals surface area (Å²) in [7, 11) is 0. The minimum atomic E-state index is 0.778. The zero-order valence-electron chi connectivity index (χ0n) is 12.0. The maximum Gasteiger partial charge on any atom is 0.152 e. The maximum atomic E-state index is 6.09. The predicted molar refractivity (Wildman–Crippen MR) is 98.2 cm³/mol. The van der Waals surface area contributed by atoms with Crippen LogP contribution in [0.4, 0.5) is 5.00 Å². The second kappa shape index (κ2) is 7.29. The normalized spacial score (nSPS) is 11.1. The van der Waals surface area contributed by atoms with Crippen molar-refractivity contribution in [2.24, 2.45) is 0 Å². The average molecular weight is 324 g/mol. The van der Waals surface area contributed by atoms with Crippen LogP contribution in [0.15, 0.2) is 71.1 Å². The number of nitrogens with two attached hydrogens (primary N) is 1. The lowest BCUT2D eigenvalue weighted by Crippen LogP contribution is -1.84. The highest BCUT2D eigenvalue weighted by atomic mass is 32.2. The van der Waals surface area contributed by atoms with Crippen LogP contribution in [0.25, 0.3) is 17.3 Å². The van der Waals surface area contributed by atoms with Crippen LogP contribution < -0.4 is 5.73 Å². The fraction of sp³-hybridized carbons (Fsp3) is 0.0556. The topological polar surface area (TPSA) is 38.9 Å². The van der Waals surface area contributed by atoms with Crippen LogP contribution in [-0.2, 0) is 0 Å². The molecule has 1 aromatic heterocycles. The first-order chi connectivity index (χ1) is 10.8. The zero-order chi connectivity index (χ0) is 15.2. The first-order valence-corrected chi connectivity index (χ1v) is 8.79. The van der Waals surface area contributed by atoms with Gasteiger partial charge in [0.25, 0.3) is 0 Å². The van der Waals surface area contributed by atoms with Gasteiger partial charge in [-0.15, -0.1) is 0 Å². The third-order valence-electron chi connectivity index (χ3n) is 3.09. The van der Waals surface area contributed by atoms with Gasteiger partial charge in [0.05, 0.1) is 0 Å².